The summed E-state index contributed by atoms with van der Waals surface area (Å²) < 4.78 is 0. The quantitative estimate of drug-likeness (QED) is 0.829. The second-order valence-corrected chi connectivity index (χ2v) is 4.90. The largest absolute Gasteiger partial charge is 0.337 e. The van der Waals surface area contributed by atoms with Gasteiger partial charge in [-0.2, -0.15) is 0 Å². The van der Waals surface area contributed by atoms with Crippen LogP contribution in [0.25, 0.3) is 0 Å². The Morgan fingerprint density at radius 3 is 3.00 bits per heavy atom. The summed E-state index contributed by atoms with van der Waals surface area (Å²) in [5.74, 6) is 6.24. The summed E-state index contributed by atoms with van der Waals surface area (Å²) in [6.45, 7) is 2.36. The number of nitrogens with two attached hydrogens (primary N) is 1. The zero-order valence-corrected chi connectivity index (χ0v) is 11.4. The molecule has 1 aliphatic carbocycles. The first-order valence-corrected chi connectivity index (χ1v) is 6.56. The number of hydrogen-bond acceptors (Lipinski definition) is 3. The van der Waals surface area contributed by atoms with E-state index >= 15 is 0 Å². The standard InChI is InChI=1S/C15H19N3O/c1-11(12-7-8-12)18(2)15(19)14-13(5-3-9-16)6-4-10-17-14/h4,6,10-12H,7-9,16H2,1-2H3. The molecule has 1 heterocycles. The molecule has 19 heavy (non-hydrogen) atoms. The smallest absolute Gasteiger partial charge is 0.273 e. The van der Waals surface area contributed by atoms with Crippen LogP contribution in [0.5, 0.6) is 0 Å². The van der Waals surface area contributed by atoms with Gasteiger partial charge in [0.1, 0.15) is 5.69 Å². The molecule has 0 bridgehead atoms. The van der Waals surface area contributed by atoms with Gasteiger partial charge >= 0.3 is 0 Å². The van der Waals surface area contributed by atoms with E-state index in [1.165, 1.54) is 12.8 Å². The van der Waals surface area contributed by atoms with Crippen LogP contribution >= 0.6 is 0 Å². The molecule has 0 saturated heterocycles. The summed E-state index contributed by atoms with van der Waals surface area (Å²) in [5.41, 5.74) is 6.43. The molecule has 0 aliphatic heterocycles. The average molecular weight is 257 g/mol. The molecule has 0 spiro atoms. The van der Waals surface area contributed by atoms with E-state index in [1.807, 2.05) is 7.05 Å². The minimum Gasteiger partial charge on any atom is -0.337 e. The Morgan fingerprint density at radius 1 is 1.63 bits per heavy atom. The van der Waals surface area contributed by atoms with Crippen LogP contribution in [-0.4, -0.2) is 35.4 Å². The van der Waals surface area contributed by atoms with E-state index in [0.717, 1.165) is 0 Å². The number of hydrogen-bond donors (Lipinski definition) is 1. The lowest BCUT2D eigenvalue weighted by molar-refractivity contribution is 0.0721. The highest BCUT2D eigenvalue weighted by Gasteiger charge is 2.33. The molecule has 2 N–H and O–H groups in total. The third-order valence-corrected chi connectivity index (χ3v) is 3.57. The Balaban J connectivity index is 2.22. The number of aromatic nitrogens is 1. The van der Waals surface area contributed by atoms with E-state index in [1.54, 1.807) is 23.2 Å². The lowest BCUT2D eigenvalue weighted by Crippen LogP contribution is -2.37. The van der Waals surface area contributed by atoms with Gasteiger partial charge in [-0.1, -0.05) is 11.8 Å². The van der Waals surface area contributed by atoms with Gasteiger partial charge in [0.15, 0.2) is 0 Å². The summed E-state index contributed by atoms with van der Waals surface area (Å²) in [4.78, 5) is 18.4. The minimum atomic E-state index is -0.0682. The molecule has 1 aromatic rings. The molecular formula is C15H19N3O. The summed E-state index contributed by atoms with van der Waals surface area (Å²) in [5, 5.41) is 0. The van der Waals surface area contributed by atoms with Crippen molar-refractivity contribution in [2.75, 3.05) is 13.6 Å². The fourth-order valence-electron chi connectivity index (χ4n) is 2.07. The first-order chi connectivity index (χ1) is 9.15. The van der Waals surface area contributed by atoms with Gasteiger partial charge in [-0.05, 0) is 37.8 Å². The Hall–Kier alpha value is -1.86. The summed E-state index contributed by atoms with van der Waals surface area (Å²) in [6, 6.07) is 3.84. The molecule has 1 atom stereocenters. The molecule has 4 nitrogen and oxygen atoms in total. The summed E-state index contributed by atoms with van der Waals surface area (Å²) in [7, 11) is 1.83. The molecule has 1 amide bonds. The molecule has 0 radical (unpaired) electrons. The Kier molecular flexibility index (Phi) is 4.18. The highest BCUT2D eigenvalue weighted by Crippen LogP contribution is 2.35. The van der Waals surface area contributed by atoms with Crippen LogP contribution in [0.3, 0.4) is 0 Å². The van der Waals surface area contributed by atoms with Crippen molar-refractivity contribution in [3.05, 3.63) is 29.6 Å². The van der Waals surface area contributed by atoms with Crippen LogP contribution in [0.15, 0.2) is 18.3 Å². The molecule has 1 fully saturated rings. The van der Waals surface area contributed by atoms with E-state index in [0.29, 0.717) is 17.2 Å². The monoisotopic (exact) mass is 257 g/mol. The van der Waals surface area contributed by atoms with Crippen LogP contribution in [0, 0.1) is 17.8 Å². The minimum absolute atomic E-state index is 0.0682. The zero-order valence-electron chi connectivity index (χ0n) is 11.4. The highest BCUT2D eigenvalue weighted by atomic mass is 16.2. The average Bonchev–Trinajstić information content (AvgIpc) is 3.27. The maximum Gasteiger partial charge on any atom is 0.273 e. The van der Waals surface area contributed by atoms with Crippen LogP contribution in [0.2, 0.25) is 0 Å². The Morgan fingerprint density at radius 2 is 2.37 bits per heavy atom. The molecule has 100 valence electrons. The SMILES string of the molecule is CC(C1CC1)N(C)C(=O)c1ncccc1C#CCN. The first-order valence-electron chi connectivity index (χ1n) is 6.56. The predicted octanol–water partition coefficient (Wildman–Crippen LogP) is 1.26. The molecule has 1 aromatic heterocycles. The maximum absolute atomic E-state index is 12.5. The van der Waals surface area contributed by atoms with Gasteiger partial charge in [0, 0.05) is 19.3 Å². The second-order valence-electron chi connectivity index (χ2n) is 4.90. The van der Waals surface area contributed by atoms with Crippen LogP contribution in [0.4, 0.5) is 0 Å². The zero-order chi connectivity index (χ0) is 13.8. The van der Waals surface area contributed by atoms with Crippen molar-refractivity contribution in [2.24, 2.45) is 11.7 Å². The normalized spacial score (nSPS) is 15.3. The number of rotatable bonds is 3. The van der Waals surface area contributed by atoms with Crippen LogP contribution in [-0.2, 0) is 0 Å². The van der Waals surface area contributed by atoms with Crippen molar-refractivity contribution in [3.63, 3.8) is 0 Å². The van der Waals surface area contributed by atoms with Crippen LogP contribution < -0.4 is 5.73 Å². The van der Waals surface area contributed by atoms with E-state index in [4.69, 9.17) is 5.73 Å². The molecular weight excluding hydrogens is 238 g/mol. The fourth-order valence-corrected chi connectivity index (χ4v) is 2.07. The van der Waals surface area contributed by atoms with Gasteiger partial charge < -0.3 is 10.6 Å². The number of carbonyl (C=O) groups excluding carboxylic acids is 1. The molecule has 0 aromatic carbocycles. The van der Waals surface area contributed by atoms with Gasteiger partial charge in [0.05, 0.1) is 12.1 Å². The van der Waals surface area contributed by atoms with Gasteiger partial charge in [-0.25, -0.2) is 4.98 Å². The van der Waals surface area contributed by atoms with Crippen molar-refractivity contribution in [2.45, 2.75) is 25.8 Å². The lowest BCUT2D eigenvalue weighted by Gasteiger charge is -2.24. The molecule has 1 saturated carbocycles. The van der Waals surface area contributed by atoms with Gasteiger partial charge in [-0.3, -0.25) is 4.79 Å². The summed E-state index contributed by atoms with van der Waals surface area (Å²) in [6.07, 6.45) is 4.04. The number of carbonyl (C=O) groups is 1. The predicted molar refractivity (Wildman–Crippen MR) is 74.4 cm³/mol. The number of amides is 1. The van der Waals surface area contributed by atoms with Crippen molar-refractivity contribution in [3.8, 4) is 11.8 Å². The van der Waals surface area contributed by atoms with E-state index in [2.05, 4.69) is 23.7 Å². The van der Waals surface area contributed by atoms with E-state index < -0.39 is 0 Å². The Bertz CT molecular complexity index is 526. The first kappa shape index (κ1) is 13.6. The molecule has 4 heteroatoms. The van der Waals surface area contributed by atoms with Crippen molar-refractivity contribution in [1.82, 2.24) is 9.88 Å². The topological polar surface area (TPSA) is 59.2 Å². The van der Waals surface area contributed by atoms with E-state index in [-0.39, 0.29) is 18.5 Å². The highest BCUT2D eigenvalue weighted by molar-refractivity contribution is 5.94. The number of nitrogens with zero attached hydrogens (tertiary/aromatic N) is 2. The van der Waals surface area contributed by atoms with Gasteiger partial charge in [-0.15, -0.1) is 0 Å². The van der Waals surface area contributed by atoms with Gasteiger partial charge in [0.2, 0.25) is 0 Å². The van der Waals surface area contributed by atoms with Crippen molar-refractivity contribution >= 4 is 5.91 Å². The Labute approximate surface area is 114 Å². The van der Waals surface area contributed by atoms with E-state index in [9.17, 15) is 4.79 Å². The summed E-state index contributed by atoms with van der Waals surface area (Å²) >= 11 is 0. The molecule has 1 unspecified atom stereocenters. The number of pyridine rings is 1. The maximum atomic E-state index is 12.5. The second kappa shape index (κ2) is 5.85. The lowest BCUT2D eigenvalue weighted by atomic mass is 10.1. The van der Waals surface area contributed by atoms with Crippen molar-refractivity contribution in [1.29, 1.82) is 0 Å². The van der Waals surface area contributed by atoms with Crippen LogP contribution in [0.1, 0.15) is 35.8 Å². The molecule has 2 rings (SSSR count). The van der Waals surface area contributed by atoms with Crippen molar-refractivity contribution < 1.29 is 4.79 Å². The fraction of sp³-hybridized carbons (Fsp3) is 0.467. The molecule has 1 aliphatic rings. The third-order valence-electron chi connectivity index (χ3n) is 3.57. The van der Waals surface area contributed by atoms with Gasteiger partial charge in [0.25, 0.3) is 5.91 Å². The third kappa shape index (κ3) is 3.12.